The lowest BCUT2D eigenvalue weighted by molar-refractivity contribution is -0.137. The van der Waals surface area contributed by atoms with Crippen molar-refractivity contribution in [3.05, 3.63) is 59.4 Å². The number of amides is 1. The molecule has 1 amide bonds. The first kappa shape index (κ1) is 33.3. The van der Waals surface area contributed by atoms with Gasteiger partial charge in [-0.05, 0) is 75.5 Å². The molecule has 3 atom stereocenters. The Labute approximate surface area is 273 Å². The summed E-state index contributed by atoms with van der Waals surface area (Å²) in [5, 5.41) is 18.7. The highest BCUT2D eigenvalue weighted by Gasteiger charge is 2.36. The van der Waals surface area contributed by atoms with E-state index >= 15 is 4.39 Å². The number of aromatic nitrogens is 4. The maximum atomic E-state index is 16.7. The number of aryl methyl sites for hydroxylation is 1. The Balaban J connectivity index is 1.50. The van der Waals surface area contributed by atoms with Crippen LogP contribution in [0.15, 0.2) is 42.5 Å². The quantitative estimate of drug-likeness (QED) is 0.155. The Morgan fingerprint density at radius 1 is 1.17 bits per heavy atom. The van der Waals surface area contributed by atoms with Crippen molar-refractivity contribution in [3.63, 3.8) is 0 Å². The van der Waals surface area contributed by atoms with Crippen molar-refractivity contribution in [1.82, 2.24) is 29.8 Å². The Morgan fingerprint density at radius 3 is 2.67 bits per heavy atom. The zero-order valence-corrected chi connectivity index (χ0v) is 26.5. The van der Waals surface area contributed by atoms with Gasteiger partial charge in [0.25, 0.3) is 0 Å². The summed E-state index contributed by atoms with van der Waals surface area (Å²) in [6, 6.07) is 7.77. The molecule has 9 nitrogen and oxygen atoms in total. The summed E-state index contributed by atoms with van der Waals surface area (Å²) in [6.45, 7) is 2.14. The van der Waals surface area contributed by atoms with E-state index in [1.54, 1.807) is 17.7 Å². The number of likely N-dealkylation sites (tertiary alicyclic amines) is 2. The van der Waals surface area contributed by atoms with Gasteiger partial charge in [-0.2, -0.15) is 18.4 Å². The lowest BCUT2D eigenvalue weighted by Crippen LogP contribution is -2.46. The second kappa shape index (κ2) is 13.5. The van der Waals surface area contributed by atoms with E-state index in [1.807, 2.05) is 7.05 Å². The molecule has 2 aliphatic heterocycles. The van der Waals surface area contributed by atoms with E-state index in [0.717, 1.165) is 37.6 Å². The number of likely N-dealkylation sites (N-methyl/N-ethyl adjacent to an activating group) is 1. The number of carbonyl (C=O) groups excluding carboxylic acids is 1. The largest absolute Gasteiger partial charge is 0.474 e. The number of fused-ring (bicyclic) bond motifs is 3. The van der Waals surface area contributed by atoms with Gasteiger partial charge in [-0.3, -0.25) is 4.79 Å². The topological polar surface area (TPSA) is 100 Å². The minimum atomic E-state index is -4.72. The van der Waals surface area contributed by atoms with Gasteiger partial charge in [0.2, 0.25) is 11.8 Å². The number of alkyl halides is 4. The van der Waals surface area contributed by atoms with E-state index < -0.39 is 36.2 Å². The lowest BCUT2D eigenvalue weighted by atomic mass is 9.92. The summed E-state index contributed by atoms with van der Waals surface area (Å²) >= 11 is 0. The van der Waals surface area contributed by atoms with E-state index in [-0.39, 0.29) is 65.3 Å². The molecular formula is C34H34F5N7O2. The summed E-state index contributed by atoms with van der Waals surface area (Å²) in [7, 11) is 1.98. The first-order valence-corrected chi connectivity index (χ1v) is 15.8. The monoisotopic (exact) mass is 667 g/mol. The van der Waals surface area contributed by atoms with Crippen LogP contribution in [0.3, 0.4) is 0 Å². The van der Waals surface area contributed by atoms with Gasteiger partial charge in [0.15, 0.2) is 11.3 Å². The summed E-state index contributed by atoms with van der Waals surface area (Å²) in [4.78, 5) is 21.0. The van der Waals surface area contributed by atoms with Gasteiger partial charge < -0.3 is 14.5 Å². The van der Waals surface area contributed by atoms with Crippen molar-refractivity contribution < 1.29 is 31.5 Å². The van der Waals surface area contributed by atoms with Gasteiger partial charge >= 0.3 is 6.18 Å². The van der Waals surface area contributed by atoms with Crippen LogP contribution < -0.4 is 4.74 Å². The number of hydrogen-bond donors (Lipinski definition) is 0. The van der Waals surface area contributed by atoms with E-state index in [0.29, 0.717) is 23.7 Å². The van der Waals surface area contributed by atoms with Gasteiger partial charge in [0.1, 0.15) is 24.3 Å². The average Bonchev–Trinajstić information content (AvgIpc) is 3.69. The fraction of sp³-hybridized carbons (Fsp3) is 0.441. The van der Waals surface area contributed by atoms with Crippen LogP contribution in [0.1, 0.15) is 49.3 Å². The SMILES string of the molecule is Cc1cc2c(nc(OC[C@@H]3CCCN3C)c3nnn([C@H]4CCN(C(=O)/C=C/CF)[C@H](CC#N)C4)c32)c(F)c1-c1ccccc1C(F)(F)F. The Kier molecular flexibility index (Phi) is 9.33. The fourth-order valence-corrected chi connectivity index (χ4v) is 6.98. The molecule has 0 aliphatic carbocycles. The zero-order valence-electron chi connectivity index (χ0n) is 26.5. The van der Waals surface area contributed by atoms with E-state index in [9.17, 15) is 27.6 Å². The van der Waals surface area contributed by atoms with Crippen LogP contribution in [0.25, 0.3) is 33.1 Å². The van der Waals surface area contributed by atoms with Crippen LogP contribution in [-0.4, -0.2) is 81.2 Å². The van der Waals surface area contributed by atoms with E-state index in [1.165, 1.54) is 23.1 Å². The minimum absolute atomic E-state index is 0.0133. The van der Waals surface area contributed by atoms with Crippen LogP contribution in [0, 0.1) is 24.1 Å². The Hall–Kier alpha value is -4.64. The number of benzene rings is 2. The highest BCUT2D eigenvalue weighted by atomic mass is 19.4. The van der Waals surface area contributed by atoms with Crippen LogP contribution in [0.4, 0.5) is 22.0 Å². The molecule has 2 fully saturated rings. The summed E-state index contributed by atoms with van der Waals surface area (Å²) in [5.74, 6) is -1.32. The molecule has 2 aliphatic rings. The number of rotatable bonds is 8. The van der Waals surface area contributed by atoms with Crippen molar-refractivity contribution in [2.45, 2.75) is 63.3 Å². The third kappa shape index (κ3) is 6.19. The molecule has 2 aromatic carbocycles. The van der Waals surface area contributed by atoms with Gasteiger partial charge in [0.05, 0.1) is 24.1 Å². The number of allylic oxidation sites excluding steroid dienone is 1. The van der Waals surface area contributed by atoms with Gasteiger partial charge in [-0.15, -0.1) is 5.10 Å². The highest BCUT2D eigenvalue weighted by Crippen LogP contribution is 2.43. The molecule has 14 heteroatoms. The molecule has 4 heterocycles. The maximum absolute atomic E-state index is 16.7. The lowest BCUT2D eigenvalue weighted by Gasteiger charge is -2.38. The highest BCUT2D eigenvalue weighted by molar-refractivity contribution is 6.06. The first-order valence-electron chi connectivity index (χ1n) is 15.8. The molecule has 6 rings (SSSR count). The van der Waals surface area contributed by atoms with E-state index in [4.69, 9.17) is 4.74 Å². The molecule has 0 unspecified atom stereocenters. The number of halogens is 5. The number of nitriles is 1. The van der Waals surface area contributed by atoms with Crippen molar-refractivity contribution in [2.75, 3.05) is 33.4 Å². The third-order valence-electron chi connectivity index (χ3n) is 9.38. The number of hydrogen-bond acceptors (Lipinski definition) is 7. The molecule has 48 heavy (non-hydrogen) atoms. The summed E-state index contributed by atoms with van der Waals surface area (Å²) < 4.78 is 79.4. The minimum Gasteiger partial charge on any atom is -0.474 e. The Bertz CT molecular complexity index is 1920. The standard InChI is InChI=1S/C34H34F5N7O2/c1-20-17-25-30(29(36)28(20)24-8-3-4-9-26(24)34(37,38)39)41-33(48-19-23-7-6-15-44(23)2)31-32(25)46(43-42-31)22-12-16-45(21(18-22)11-14-40)27(47)10-5-13-35/h3-5,8-10,17,21-23H,6-7,11-13,15-16,18-19H2,1-2H3/b10-5+/t21-,22+,23+/m1/s1. The second-order valence-electron chi connectivity index (χ2n) is 12.3. The molecule has 4 aromatic rings. The molecule has 0 radical (unpaired) electrons. The molecule has 0 spiro atoms. The molecule has 0 bridgehead atoms. The predicted octanol–water partition coefficient (Wildman–Crippen LogP) is 6.56. The summed E-state index contributed by atoms with van der Waals surface area (Å²) in [6.07, 6.45) is 0.179. The molecule has 0 N–H and O–H groups in total. The van der Waals surface area contributed by atoms with Gasteiger partial charge in [0, 0.05) is 35.7 Å². The maximum Gasteiger partial charge on any atom is 0.417 e. The smallest absolute Gasteiger partial charge is 0.417 e. The van der Waals surface area contributed by atoms with Crippen molar-refractivity contribution in [1.29, 1.82) is 5.26 Å². The molecular weight excluding hydrogens is 633 g/mol. The van der Waals surface area contributed by atoms with Crippen LogP contribution in [0.2, 0.25) is 0 Å². The van der Waals surface area contributed by atoms with Crippen molar-refractivity contribution in [2.24, 2.45) is 0 Å². The third-order valence-corrected chi connectivity index (χ3v) is 9.38. The number of piperidine rings is 1. The second-order valence-corrected chi connectivity index (χ2v) is 12.3. The summed E-state index contributed by atoms with van der Waals surface area (Å²) in [5.41, 5.74) is -0.746. The predicted molar refractivity (Wildman–Crippen MR) is 168 cm³/mol. The molecule has 2 aromatic heterocycles. The normalized spacial score (nSPS) is 20.6. The zero-order chi connectivity index (χ0) is 34.2. The van der Waals surface area contributed by atoms with Crippen LogP contribution in [-0.2, 0) is 11.0 Å². The fourth-order valence-electron chi connectivity index (χ4n) is 6.98. The van der Waals surface area contributed by atoms with Crippen LogP contribution >= 0.6 is 0 Å². The number of pyridine rings is 1. The van der Waals surface area contributed by atoms with Crippen molar-refractivity contribution in [3.8, 4) is 23.1 Å². The number of carbonyl (C=O) groups is 1. The first-order chi connectivity index (χ1) is 23.0. The molecule has 252 valence electrons. The number of ether oxygens (including phenoxy) is 1. The molecule has 2 saturated heterocycles. The average molecular weight is 668 g/mol. The van der Waals surface area contributed by atoms with Crippen LogP contribution in [0.5, 0.6) is 5.88 Å². The van der Waals surface area contributed by atoms with E-state index in [2.05, 4.69) is 26.3 Å². The number of nitrogens with zero attached hydrogens (tertiary/aromatic N) is 7. The Morgan fingerprint density at radius 2 is 1.96 bits per heavy atom. The molecule has 0 saturated carbocycles. The van der Waals surface area contributed by atoms with Gasteiger partial charge in [-0.25, -0.2) is 18.4 Å². The van der Waals surface area contributed by atoms with Crippen molar-refractivity contribution >= 4 is 27.8 Å². The van der Waals surface area contributed by atoms with Gasteiger partial charge in [-0.1, -0.05) is 23.4 Å².